The van der Waals surface area contributed by atoms with Crippen molar-refractivity contribution in [3.63, 3.8) is 0 Å². The monoisotopic (exact) mass is 337 g/mol. The van der Waals surface area contributed by atoms with Crippen LogP contribution >= 0.6 is 0 Å². The second-order valence-electron chi connectivity index (χ2n) is 4.97. The molecule has 25 heavy (non-hydrogen) atoms. The van der Waals surface area contributed by atoms with Crippen LogP contribution in [0, 0.1) is 11.8 Å². The van der Waals surface area contributed by atoms with E-state index in [1.54, 1.807) is 62.7 Å². The molecule has 6 heteroatoms. The number of benzene rings is 2. The van der Waals surface area contributed by atoms with Crippen LogP contribution < -0.4 is 20.7 Å². The summed E-state index contributed by atoms with van der Waals surface area (Å²) in [6.45, 7) is 0.151. The van der Waals surface area contributed by atoms with Crippen molar-refractivity contribution in [3.8, 4) is 17.6 Å². The summed E-state index contributed by atoms with van der Waals surface area (Å²) in [5.41, 5.74) is 1.73. The van der Waals surface area contributed by atoms with Crippen molar-refractivity contribution in [2.45, 2.75) is 0 Å². The lowest BCUT2D eigenvalue weighted by molar-refractivity contribution is 0.0963. The van der Waals surface area contributed by atoms with Gasteiger partial charge in [0.15, 0.2) is 0 Å². The maximum Gasteiger partial charge on any atom is 0.319 e. The Hall–Kier alpha value is -3.46. The number of ether oxygens (including phenoxy) is 1. The van der Waals surface area contributed by atoms with Crippen molar-refractivity contribution >= 4 is 17.6 Å². The van der Waals surface area contributed by atoms with Gasteiger partial charge in [-0.15, -0.1) is 0 Å². The fourth-order valence-corrected chi connectivity index (χ4v) is 2.06. The topological polar surface area (TPSA) is 79.5 Å². The van der Waals surface area contributed by atoms with E-state index in [0.29, 0.717) is 22.6 Å². The number of carbonyl (C=O) groups is 2. The molecule has 0 aliphatic heterocycles. The fraction of sp³-hybridized carbons (Fsp3) is 0.158. The van der Waals surface area contributed by atoms with E-state index in [1.807, 2.05) is 0 Å². The van der Waals surface area contributed by atoms with E-state index in [0.717, 1.165) is 0 Å². The first-order valence-electron chi connectivity index (χ1n) is 7.63. The molecule has 3 N–H and O–H groups in total. The van der Waals surface area contributed by atoms with Crippen LogP contribution in [0.25, 0.3) is 0 Å². The molecule has 0 heterocycles. The molecule has 0 atom stereocenters. The molecule has 128 valence electrons. The van der Waals surface area contributed by atoms with Crippen LogP contribution in [0.2, 0.25) is 0 Å². The van der Waals surface area contributed by atoms with Gasteiger partial charge in [0.1, 0.15) is 5.75 Å². The van der Waals surface area contributed by atoms with E-state index in [-0.39, 0.29) is 18.5 Å². The zero-order valence-electron chi connectivity index (χ0n) is 14.1. The highest BCUT2D eigenvalue weighted by Gasteiger charge is 2.06. The number of amides is 3. The summed E-state index contributed by atoms with van der Waals surface area (Å²) in [5, 5.41) is 7.90. The van der Waals surface area contributed by atoms with Gasteiger partial charge in [0.05, 0.1) is 19.2 Å². The number of carbonyl (C=O) groups excluding carboxylic acids is 2. The third kappa shape index (κ3) is 5.29. The molecule has 0 saturated heterocycles. The van der Waals surface area contributed by atoms with Gasteiger partial charge >= 0.3 is 6.03 Å². The van der Waals surface area contributed by atoms with Crippen LogP contribution in [0.1, 0.15) is 15.9 Å². The maximum absolute atomic E-state index is 11.8. The van der Waals surface area contributed by atoms with Crippen molar-refractivity contribution < 1.29 is 14.3 Å². The predicted octanol–water partition coefficient (Wildman–Crippen LogP) is 2.23. The Morgan fingerprint density at radius 1 is 1.12 bits per heavy atom. The molecule has 0 aliphatic rings. The molecule has 2 aromatic carbocycles. The number of hydrogen-bond donors (Lipinski definition) is 3. The second kappa shape index (κ2) is 8.99. The van der Waals surface area contributed by atoms with E-state index >= 15 is 0 Å². The van der Waals surface area contributed by atoms with Crippen molar-refractivity contribution in [3.05, 3.63) is 59.7 Å². The second-order valence-corrected chi connectivity index (χ2v) is 4.97. The van der Waals surface area contributed by atoms with E-state index < -0.39 is 0 Å². The van der Waals surface area contributed by atoms with Gasteiger partial charge in [-0.05, 0) is 24.3 Å². The Morgan fingerprint density at radius 2 is 1.92 bits per heavy atom. The molecule has 2 rings (SSSR count). The van der Waals surface area contributed by atoms with Crippen LogP contribution in [-0.2, 0) is 0 Å². The van der Waals surface area contributed by atoms with Gasteiger partial charge in [-0.3, -0.25) is 4.79 Å². The molecule has 0 bridgehead atoms. The summed E-state index contributed by atoms with van der Waals surface area (Å²) in [4.78, 5) is 23.6. The third-order valence-electron chi connectivity index (χ3n) is 3.29. The number of rotatable bonds is 4. The van der Waals surface area contributed by atoms with Gasteiger partial charge in [0.2, 0.25) is 0 Å². The zero-order valence-corrected chi connectivity index (χ0v) is 14.1. The lowest BCUT2D eigenvalue weighted by Gasteiger charge is -2.07. The minimum atomic E-state index is -0.373. The summed E-state index contributed by atoms with van der Waals surface area (Å²) >= 11 is 0. The molecule has 0 unspecified atom stereocenters. The maximum atomic E-state index is 11.8. The highest BCUT2D eigenvalue weighted by atomic mass is 16.5. The number of methoxy groups -OCH3 is 1. The first-order valence-corrected chi connectivity index (χ1v) is 7.63. The van der Waals surface area contributed by atoms with Crippen molar-refractivity contribution in [2.24, 2.45) is 0 Å². The van der Waals surface area contributed by atoms with Crippen LogP contribution in [-0.4, -0.2) is 32.6 Å². The van der Waals surface area contributed by atoms with Crippen LogP contribution in [0.5, 0.6) is 5.75 Å². The summed E-state index contributed by atoms with van der Waals surface area (Å²) < 4.78 is 5.10. The zero-order chi connectivity index (χ0) is 18.1. The average molecular weight is 337 g/mol. The molecule has 3 amide bonds. The fourth-order valence-electron chi connectivity index (χ4n) is 2.06. The van der Waals surface area contributed by atoms with Crippen molar-refractivity contribution in [2.75, 3.05) is 26.0 Å². The molecule has 0 radical (unpaired) electrons. The smallest absolute Gasteiger partial charge is 0.319 e. The Morgan fingerprint density at radius 3 is 2.68 bits per heavy atom. The predicted molar refractivity (Wildman–Crippen MR) is 96.7 cm³/mol. The van der Waals surface area contributed by atoms with Crippen LogP contribution in [0.4, 0.5) is 10.5 Å². The standard InChI is InChI=1S/C19H19N3O3/c1-20-18(23)17-11-4-3-7-14(17)8-6-12-21-19(24)22-15-9-5-10-16(13-15)25-2/h3-5,7,9-11,13H,12H2,1-2H3,(H,20,23)(H2,21,22,24). The van der Waals surface area contributed by atoms with E-state index in [9.17, 15) is 9.59 Å². The summed E-state index contributed by atoms with van der Waals surface area (Å²) in [7, 11) is 3.13. The highest BCUT2D eigenvalue weighted by molar-refractivity contribution is 5.96. The quantitative estimate of drug-likeness (QED) is 0.749. The normalized spacial score (nSPS) is 9.36. The van der Waals surface area contributed by atoms with Gasteiger partial charge in [0.25, 0.3) is 5.91 Å². The summed E-state index contributed by atoms with van der Waals surface area (Å²) in [6.07, 6.45) is 0. The van der Waals surface area contributed by atoms with E-state index in [2.05, 4.69) is 27.8 Å². The van der Waals surface area contributed by atoms with Crippen LogP contribution in [0.15, 0.2) is 48.5 Å². The number of anilines is 1. The molecule has 6 nitrogen and oxygen atoms in total. The van der Waals surface area contributed by atoms with Crippen LogP contribution in [0.3, 0.4) is 0 Å². The first kappa shape index (κ1) is 17.9. The number of nitrogens with one attached hydrogen (secondary N) is 3. The Kier molecular flexibility index (Phi) is 6.43. The molecule has 0 spiro atoms. The Labute approximate surface area is 146 Å². The van der Waals surface area contributed by atoms with Gasteiger partial charge < -0.3 is 20.7 Å². The molecule has 0 aromatic heterocycles. The first-order chi connectivity index (χ1) is 12.1. The van der Waals surface area contributed by atoms with Gasteiger partial charge in [0, 0.05) is 24.4 Å². The van der Waals surface area contributed by atoms with E-state index in [1.165, 1.54) is 0 Å². The van der Waals surface area contributed by atoms with Gasteiger partial charge in [-0.25, -0.2) is 4.79 Å². The summed E-state index contributed by atoms with van der Waals surface area (Å²) in [6, 6.07) is 13.7. The molecule has 0 aliphatic carbocycles. The molecular formula is C19H19N3O3. The number of hydrogen-bond acceptors (Lipinski definition) is 3. The van der Waals surface area contributed by atoms with E-state index in [4.69, 9.17) is 4.74 Å². The van der Waals surface area contributed by atoms with Gasteiger partial charge in [-0.1, -0.05) is 30.0 Å². The van der Waals surface area contributed by atoms with Crippen molar-refractivity contribution in [1.29, 1.82) is 0 Å². The number of urea groups is 1. The lowest BCUT2D eigenvalue weighted by atomic mass is 10.1. The minimum absolute atomic E-state index is 0.151. The Bertz CT molecular complexity index is 822. The Balaban J connectivity index is 1.92. The average Bonchev–Trinajstić information content (AvgIpc) is 2.65. The van der Waals surface area contributed by atoms with Crippen molar-refractivity contribution in [1.82, 2.24) is 10.6 Å². The highest BCUT2D eigenvalue weighted by Crippen LogP contribution is 2.16. The largest absolute Gasteiger partial charge is 0.497 e. The summed E-state index contributed by atoms with van der Waals surface area (Å²) in [5.74, 6) is 6.18. The molecule has 2 aromatic rings. The third-order valence-corrected chi connectivity index (χ3v) is 3.29. The SMILES string of the molecule is CNC(=O)c1ccccc1C#CCNC(=O)Nc1cccc(OC)c1. The molecular weight excluding hydrogens is 318 g/mol. The lowest BCUT2D eigenvalue weighted by Crippen LogP contribution is -2.28. The van der Waals surface area contributed by atoms with Gasteiger partial charge in [-0.2, -0.15) is 0 Å². The molecule has 0 fully saturated rings. The minimum Gasteiger partial charge on any atom is -0.497 e. The molecule has 0 saturated carbocycles.